The zero-order chi connectivity index (χ0) is 29.2. The number of hydrogen-bond donors (Lipinski definition) is 0. The van der Waals surface area contributed by atoms with E-state index in [1.165, 1.54) is 88.2 Å². The molecular weight excluding hydrogens is 532 g/mol. The lowest BCUT2D eigenvalue weighted by atomic mass is 9.81. The SMILES string of the molecule is CC1(C)c2ccccc2-c2ccc(-c3ccc4c(c3)c3ccccc3n4-c3ncc4c5c(cccc35)-c3ccccc3-4)cc21. The lowest BCUT2D eigenvalue weighted by molar-refractivity contribution is 0.660. The van der Waals surface area contributed by atoms with Crippen LogP contribution in [0.25, 0.3) is 82.9 Å². The molecule has 0 atom stereocenters. The van der Waals surface area contributed by atoms with Gasteiger partial charge in [-0.2, -0.15) is 0 Å². The molecule has 6 aromatic carbocycles. The minimum absolute atomic E-state index is 0.0246. The maximum Gasteiger partial charge on any atom is 0.145 e. The predicted molar refractivity (Wildman–Crippen MR) is 184 cm³/mol. The van der Waals surface area contributed by atoms with Gasteiger partial charge in [-0.3, -0.25) is 4.57 Å². The second-order valence-electron chi connectivity index (χ2n) is 12.8. The number of aromatic nitrogens is 2. The van der Waals surface area contributed by atoms with Crippen LogP contribution in [0.5, 0.6) is 0 Å². The standard InChI is InChI=1S/C42H28N2/c1-42(2)36-16-7-5-12-29(36)30-20-18-26(23-37(30)42)25-19-21-39-34(22-25)31-13-6-8-17-38(31)44(39)41-33-15-9-14-32-27-10-3-4-11-28(27)35(24-43-41)40(32)33/h3-24H,1-2H3. The average molecular weight is 561 g/mol. The summed E-state index contributed by atoms with van der Waals surface area (Å²) < 4.78 is 2.36. The van der Waals surface area contributed by atoms with E-state index in [2.05, 4.69) is 152 Å². The molecule has 0 aliphatic heterocycles. The number of para-hydroxylation sites is 1. The van der Waals surface area contributed by atoms with Gasteiger partial charge in [0.05, 0.1) is 11.0 Å². The number of benzene rings is 6. The zero-order valence-corrected chi connectivity index (χ0v) is 24.6. The van der Waals surface area contributed by atoms with Crippen molar-refractivity contribution in [3.05, 3.63) is 145 Å². The molecule has 2 aromatic heterocycles. The van der Waals surface area contributed by atoms with Gasteiger partial charge in [-0.1, -0.05) is 117 Å². The quantitative estimate of drug-likeness (QED) is 0.206. The van der Waals surface area contributed by atoms with Gasteiger partial charge in [0.2, 0.25) is 0 Å². The fraction of sp³-hybridized carbons (Fsp3) is 0.0714. The molecule has 8 aromatic rings. The molecule has 2 aliphatic carbocycles. The summed E-state index contributed by atoms with van der Waals surface area (Å²) in [6.45, 7) is 4.70. The molecule has 0 N–H and O–H groups in total. The summed E-state index contributed by atoms with van der Waals surface area (Å²) in [5.74, 6) is 0.981. The Balaban J connectivity index is 1.19. The molecule has 2 aliphatic rings. The molecule has 10 rings (SSSR count). The van der Waals surface area contributed by atoms with Crippen molar-refractivity contribution in [2.75, 3.05) is 0 Å². The Hall–Kier alpha value is -5.47. The molecule has 0 amide bonds. The minimum atomic E-state index is -0.0246. The Morgan fingerprint density at radius 3 is 2.00 bits per heavy atom. The third-order valence-corrected chi connectivity index (χ3v) is 10.2. The number of hydrogen-bond acceptors (Lipinski definition) is 1. The molecule has 0 unspecified atom stereocenters. The number of rotatable bonds is 2. The van der Waals surface area contributed by atoms with Gasteiger partial charge in [-0.15, -0.1) is 0 Å². The minimum Gasteiger partial charge on any atom is -0.293 e. The van der Waals surface area contributed by atoms with Gasteiger partial charge < -0.3 is 0 Å². The van der Waals surface area contributed by atoms with Crippen LogP contribution in [-0.4, -0.2) is 9.55 Å². The predicted octanol–water partition coefficient (Wildman–Crippen LogP) is 11.0. The topological polar surface area (TPSA) is 17.8 Å². The molecular formula is C42H28N2. The Labute approximate surface area is 255 Å². The summed E-state index contributed by atoms with van der Waals surface area (Å²) in [4.78, 5) is 5.17. The van der Waals surface area contributed by atoms with Gasteiger partial charge in [0, 0.05) is 38.7 Å². The van der Waals surface area contributed by atoms with Crippen molar-refractivity contribution < 1.29 is 0 Å². The molecule has 0 fully saturated rings. The number of fused-ring (bicyclic) bond motifs is 9. The summed E-state index contributed by atoms with van der Waals surface area (Å²) in [7, 11) is 0. The molecule has 2 heterocycles. The first-order chi connectivity index (χ1) is 21.6. The van der Waals surface area contributed by atoms with E-state index in [9.17, 15) is 0 Å². The Morgan fingerprint density at radius 1 is 0.477 bits per heavy atom. The summed E-state index contributed by atoms with van der Waals surface area (Å²) in [5.41, 5.74) is 15.4. The van der Waals surface area contributed by atoms with Crippen LogP contribution in [0.2, 0.25) is 0 Å². The van der Waals surface area contributed by atoms with E-state index in [0.29, 0.717) is 0 Å². The maximum atomic E-state index is 5.17. The second kappa shape index (κ2) is 8.33. The van der Waals surface area contributed by atoms with Crippen LogP contribution in [0, 0.1) is 0 Å². The molecule has 0 bridgehead atoms. The van der Waals surface area contributed by atoms with Gasteiger partial charge in [0.1, 0.15) is 5.82 Å². The molecule has 2 nitrogen and oxygen atoms in total. The molecule has 206 valence electrons. The van der Waals surface area contributed by atoms with Gasteiger partial charge in [0.15, 0.2) is 0 Å². The van der Waals surface area contributed by atoms with Gasteiger partial charge in [-0.25, -0.2) is 4.98 Å². The third kappa shape index (κ3) is 2.97. The summed E-state index contributed by atoms with van der Waals surface area (Å²) in [6, 6.07) is 46.9. The fourth-order valence-electron chi connectivity index (χ4n) is 8.11. The van der Waals surface area contributed by atoms with E-state index in [4.69, 9.17) is 4.98 Å². The molecule has 0 radical (unpaired) electrons. The lowest BCUT2D eigenvalue weighted by Crippen LogP contribution is -2.14. The maximum absolute atomic E-state index is 5.17. The Kier molecular flexibility index (Phi) is 4.55. The molecule has 2 heteroatoms. The average Bonchev–Trinajstić information content (AvgIpc) is 3.66. The fourth-order valence-corrected chi connectivity index (χ4v) is 8.11. The highest BCUT2D eigenvalue weighted by molar-refractivity contribution is 6.18. The summed E-state index contributed by atoms with van der Waals surface area (Å²) >= 11 is 0. The normalized spacial score (nSPS) is 13.9. The van der Waals surface area contributed by atoms with Crippen molar-refractivity contribution in [1.29, 1.82) is 0 Å². The van der Waals surface area contributed by atoms with Crippen LogP contribution in [0.3, 0.4) is 0 Å². The highest BCUT2D eigenvalue weighted by atomic mass is 15.1. The van der Waals surface area contributed by atoms with Crippen LogP contribution in [0.1, 0.15) is 25.0 Å². The molecule has 0 spiro atoms. The molecule has 0 saturated carbocycles. The van der Waals surface area contributed by atoms with E-state index in [-0.39, 0.29) is 5.41 Å². The monoisotopic (exact) mass is 560 g/mol. The van der Waals surface area contributed by atoms with Crippen molar-refractivity contribution in [2.24, 2.45) is 0 Å². The highest BCUT2D eigenvalue weighted by Gasteiger charge is 2.35. The van der Waals surface area contributed by atoms with Crippen molar-refractivity contribution in [3.63, 3.8) is 0 Å². The van der Waals surface area contributed by atoms with Crippen molar-refractivity contribution in [2.45, 2.75) is 19.3 Å². The van der Waals surface area contributed by atoms with E-state index in [0.717, 1.165) is 5.82 Å². The Morgan fingerprint density at radius 2 is 1.11 bits per heavy atom. The van der Waals surface area contributed by atoms with Crippen molar-refractivity contribution >= 4 is 32.6 Å². The number of pyridine rings is 1. The smallest absolute Gasteiger partial charge is 0.145 e. The first-order valence-corrected chi connectivity index (χ1v) is 15.4. The van der Waals surface area contributed by atoms with Crippen LogP contribution in [-0.2, 0) is 5.41 Å². The van der Waals surface area contributed by atoms with Crippen molar-refractivity contribution in [3.8, 4) is 50.3 Å². The van der Waals surface area contributed by atoms with Gasteiger partial charge in [0.25, 0.3) is 0 Å². The van der Waals surface area contributed by atoms with Crippen LogP contribution < -0.4 is 0 Å². The first-order valence-electron chi connectivity index (χ1n) is 15.4. The second-order valence-corrected chi connectivity index (χ2v) is 12.8. The highest BCUT2D eigenvalue weighted by Crippen LogP contribution is 2.50. The van der Waals surface area contributed by atoms with E-state index in [1.54, 1.807) is 0 Å². The van der Waals surface area contributed by atoms with E-state index in [1.807, 2.05) is 0 Å². The molecule has 0 saturated heterocycles. The summed E-state index contributed by atoms with van der Waals surface area (Å²) in [5, 5.41) is 4.97. The number of nitrogens with zero attached hydrogens (tertiary/aromatic N) is 2. The van der Waals surface area contributed by atoms with Crippen LogP contribution >= 0.6 is 0 Å². The third-order valence-electron chi connectivity index (χ3n) is 10.2. The van der Waals surface area contributed by atoms with Crippen LogP contribution in [0.15, 0.2) is 134 Å². The van der Waals surface area contributed by atoms with Gasteiger partial charge >= 0.3 is 0 Å². The lowest BCUT2D eigenvalue weighted by Gasteiger charge is -2.22. The van der Waals surface area contributed by atoms with E-state index < -0.39 is 0 Å². The molecule has 44 heavy (non-hydrogen) atoms. The van der Waals surface area contributed by atoms with E-state index >= 15 is 0 Å². The zero-order valence-electron chi connectivity index (χ0n) is 24.6. The van der Waals surface area contributed by atoms with Crippen molar-refractivity contribution in [1.82, 2.24) is 9.55 Å². The van der Waals surface area contributed by atoms with Gasteiger partial charge in [-0.05, 0) is 74.3 Å². The Bertz CT molecular complexity index is 2500. The summed E-state index contributed by atoms with van der Waals surface area (Å²) in [6.07, 6.45) is 2.08. The largest absolute Gasteiger partial charge is 0.293 e. The van der Waals surface area contributed by atoms with Crippen LogP contribution in [0.4, 0.5) is 0 Å². The first kappa shape index (κ1) is 24.0.